The molecular formula is C14H23N6OP. The summed E-state index contributed by atoms with van der Waals surface area (Å²) in [5, 5.41) is 0. The van der Waals surface area contributed by atoms with E-state index in [0.29, 0.717) is 5.82 Å². The summed E-state index contributed by atoms with van der Waals surface area (Å²) in [6.07, 6.45) is 1.89. The molecule has 0 aromatic heterocycles. The quantitative estimate of drug-likeness (QED) is 0.821. The van der Waals surface area contributed by atoms with E-state index < -0.39 is 7.59 Å². The Morgan fingerprint density at radius 1 is 1.23 bits per heavy atom. The summed E-state index contributed by atoms with van der Waals surface area (Å²) in [5.74, 6) is 0.751. The summed E-state index contributed by atoms with van der Waals surface area (Å²) in [6, 6.07) is 7.96. The first-order valence-corrected chi connectivity index (χ1v) is 8.47. The molecule has 1 aliphatic heterocycles. The zero-order valence-corrected chi connectivity index (χ0v) is 14.5. The Morgan fingerprint density at radius 2 is 1.82 bits per heavy atom. The van der Waals surface area contributed by atoms with Crippen molar-refractivity contribution in [3.8, 4) is 0 Å². The molecule has 1 aromatic rings. The van der Waals surface area contributed by atoms with Crippen LogP contribution in [0.1, 0.15) is 11.1 Å². The molecule has 0 bridgehead atoms. The van der Waals surface area contributed by atoms with Gasteiger partial charge in [0.15, 0.2) is 0 Å². The third kappa shape index (κ3) is 2.88. The number of aliphatic imine (C=N–C) groups is 1. The highest BCUT2D eigenvalue weighted by atomic mass is 31.2. The molecule has 22 heavy (non-hydrogen) atoms. The lowest BCUT2D eigenvalue weighted by atomic mass is 10.1. The van der Waals surface area contributed by atoms with Crippen LogP contribution in [0.4, 0.5) is 0 Å². The number of aryl methyl sites for hydroxylation is 1. The third-order valence-electron chi connectivity index (χ3n) is 3.46. The molecule has 0 radical (unpaired) electrons. The predicted molar refractivity (Wildman–Crippen MR) is 90.7 cm³/mol. The minimum Gasteiger partial charge on any atom is -0.368 e. The van der Waals surface area contributed by atoms with E-state index in [4.69, 9.17) is 5.73 Å². The molecule has 0 aliphatic carbocycles. The van der Waals surface area contributed by atoms with Crippen LogP contribution in [-0.2, 0) is 4.57 Å². The smallest absolute Gasteiger partial charge is 0.330 e. The molecule has 0 saturated carbocycles. The van der Waals surface area contributed by atoms with Crippen LogP contribution in [-0.4, -0.2) is 48.3 Å². The summed E-state index contributed by atoms with van der Waals surface area (Å²) in [6.45, 7) is 2.02. The van der Waals surface area contributed by atoms with Gasteiger partial charge in [-0.05, 0) is 52.3 Å². The lowest BCUT2D eigenvalue weighted by Crippen LogP contribution is -2.45. The normalized spacial score (nSPS) is 17.3. The number of nitrogens with two attached hydrogens (primary N) is 1. The van der Waals surface area contributed by atoms with Gasteiger partial charge >= 0.3 is 7.59 Å². The number of guanidine groups is 1. The van der Waals surface area contributed by atoms with E-state index in [9.17, 15) is 4.57 Å². The van der Waals surface area contributed by atoms with E-state index in [1.165, 1.54) is 4.78 Å². The van der Waals surface area contributed by atoms with Gasteiger partial charge in [0.2, 0.25) is 5.96 Å². The molecule has 2 rings (SSSR count). The average Bonchev–Trinajstić information content (AvgIpc) is 2.81. The highest BCUT2D eigenvalue weighted by Gasteiger charge is 2.40. The van der Waals surface area contributed by atoms with Gasteiger partial charge in [0, 0.05) is 0 Å². The molecule has 120 valence electrons. The predicted octanol–water partition coefficient (Wildman–Crippen LogP) is 1.66. The van der Waals surface area contributed by atoms with Gasteiger partial charge in [0.05, 0.1) is 0 Å². The SMILES string of the molecule is Cc1ccccc1/C=C1/N=C(N)N(P(=O)(N(C)C)N(C)C)N1. The van der Waals surface area contributed by atoms with Crippen LogP contribution in [0.2, 0.25) is 0 Å². The van der Waals surface area contributed by atoms with Gasteiger partial charge in [-0.2, -0.15) is 9.77 Å². The van der Waals surface area contributed by atoms with Crippen molar-refractivity contribution < 1.29 is 4.57 Å². The highest BCUT2D eigenvalue weighted by Crippen LogP contribution is 2.52. The first-order chi connectivity index (χ1) is 10.3. The molecule has 0 amide bonds. The Labute approximate surface area is 131 Å². The second-order valence-electron chi connectivity index (χ2n) is 5.49. The lowest BCUT2D eigenvalue weighted by molar-refractivity contribution is 0.368. The summed E-state index contributed by atoms with van der Waals surface area (Å²) in [4.78, 5) is 4.28. The van der Waals surface area contributed by atoms with Crippen LogP contribution in [0.25, 0.3) is 6.08 Å². The molecule has 0 atom stereocenters. The Bertz CT molecular complexity index is 655. The van der Waals surface area contributed by atoms with E-state index in [1.54, 1.807) is 37.5 Å². The maximum atomic E-state index is 13.2. The molecule has 7 nitrogen and oxygen atoms in total. The molecule has 1 aromatic carbocycles. The topological polar surface area (TPSA) is 77.2 Å². The van der Waals surface area contributed by atoms with Crippen molar-refractivity contribution in [2.24, 2.45) is 10.7 Å². The standard InChI is InChI=1S/C14H23N6OP/c1-11-8-6-7-9-12(11)10-13-16-14(15)20(17-13)22(21,18(2)3)19(4)5/h6-10,17H,1-5H3,(H2,15,16)/b13-10-. The monoisotopic (exact) mass is 322 g/mol. The van der Waals surface area contributed by atoms with Crippen molar-refractivity contribution in [3.05, 3.63) is 41.2 Å². The fourth-order valence-electron chi connectivity index (χ4n) is 2.24. The molecule has 0 unspecified atom stereocenters. The maximum Gasteiger partial charge on any atom is 0.330 e. The Morgan fingerprint density at radius 3 is 2.36 bits per heavy atom. The van der Waals surface area contributed by atoms with E-state index >= 15 is 0 Å². The van der Waals surface area contributed by atoms with Crippen molar-refractivity contribution in [2.45, 2.75) is 6.92 Å². The zero-order chi connectivity index (χ0) is 16.5. The van der Waals surface area contributed by atoms with Crippen LogP contribution < -0.4 is 11.2 Å². The van der Waals surface area contributed by atoms with Gasteiger partial charge in [-0.15, -0.1) is 0 Å². The molecule has 8 heteroatoms. The van der Waals surface area contributed by atoms with Crippen molar-refractivity contribution in [1.82, 2.24) is 19.5 Å². The van der Waals surface area contributed by atoms with Gasteiger partial charge in [0.1, 0.15) is 5.82 Å². The molecule has 0 fully saturated rings. The second kappa shape index (κ2) is 6.12. The molecular weight excluding hydrogens is 299 g/mol. The van der Waals surface area contributed by atoms with Gasteiger partial charge in [-0.1, -0.05) is 24.3 Å². The fourth-order valence-corrected chi connectivity index (χ4v) is 4.21. The van der Waals surface area contributed by atoms with Crippen molar-refractivity contribution >= 4 is 19.6 Å². The van der Waals surface area contributed by atoms with Crippen LogP contribution in [0.5, 0.6) is 0 Å². The van der Waals surface area contributed by atoms with E-state index in [2.05, 4.69) is 10.4 Å². The lowest BCUT2D eigenvalue weighted by Gasteiger charge is -2.36. The molecule has 3 N–H and O–H groups in total. The molecule has 0 saturated heterocycles. The number of nitrogens with one attached hydrogen (secondary N) is 1. The van der Waals surface area contributed by atoms with Gasteiger partial charge in [-0.25, -0.2) is 9.34 Å². The Balaban J connectivity index is 2.34. The summed E-state index contributed by atoms with van der Waals surface area (Å²) in [7, 11) is 3.97. The Kier molecular flexibility index (Phi) is 4.60. The summed E-state index contributed by atoms with van der Waals surface area (Å²) < 4.78 is 17.9. The first kappa shape index (κ1) is 16.5. The number of hydrazine groups is 1. The van der Waals surface area contributed by atoms with Gasteiger partial charge in [-0.3, -0.25) is 9.99 Å². The Hall–Kier alpha value is -1.82. The minimum atomic E-state index is -3.03. The number of benzene rings is 1. The van der Waals surface area contributed by atoms with E-state index in [-0.39, 0.29) is 5.96 Å². The van der Waals surface area contributed by atoms with E-state index in [0.717, 1.165) is 11.1 Å². The number of rotatable bonds is 4. The number of hydrogen-bond acceptors (Lipinski definition) is 4. The zero-order valence-electron chi connectivity index (χ0n) is 13.6. The highest BCUT2D eigenvalue weighted by molar-refractivity contribution is 7.57. The largest absolute Gasteiger partial charge is 0.368 e. The third-order valence-corrected chi connectivity index (χ3v) is 6.37. The minimum absolute atomic E-state index is 0.186. The van der Waals surface area contributed by atoms with Crippen molar-refractivity contribution in [2.75, 3.05) is 28.2 Å². The molecule has 1 heterocycles. The number of hydrogen-bond donors (Lipinski definition) is 2. The first-order valence-electron chi connectivity index (χ1n) is 6.91. The van der Waals surface area contributed by atoms with Crippen molar-refractivity contribution in [3.63, 3.8) is 0 Å². The van der Waals surface area contributed by atoms with Gasteiger partial charge < -0.3 is 5.73 Å². The maximum absolute atomic E-state index is 13.2. The summed E-state index contributed by atoms with van der Waals surface area (Å²) >= 11 is 0. The summed E-state index contributed by atoms with van der Waals surface area (Å²) in [5.41, 5.74) is 11.2. The second-order valence-corrected chi connectivity index (χ2v) is 8.51. The van der Waals surface area contributed by atoms with Crippen LogP contribution in [0.15, 0.2) is 35.1 Å². The number of nitrogens with zero attached hydrogens (tertiary/aromatic N) is 4. The molecule has 1 aliphatic rings. The van der Waals surface area contributed by atoms with Crippen molar-refractivity contribution in [1.29, 1.82) is 0 Å². The average molecular weight is 322 g/mol. The fraction of sp³-hybridized carbons (Fsp3) is 0.357. The van der Waals surface area contributed by atoms with Gasteiger partial charge in [0.25, 0.3) is 0 Å². The van der Waals surface area contributed by atoms with Crippen LogP contribution >= 0.6 is 7.59 Å². The van der Waals surface area contributed by atoms with Crippen LogP contribution in [0, 0.1) is 6.92 Å². The van der Waals surface area contributed by atoms with Crippen LogP contribution in [0.3, 0.4) is 0 Å². The molecule has 0 spiro atoms. The van der Waals surface area contributed by atoms with E-state index in [1.807, 2.05) is 37.3 Å².